The number of pyridine rings is 1. The maximum atomic E-state index is 10.0. The van der Waals surface area contributed by atoms with Crippen LogP contribution in [0.4, 0.5) is 0 Å². The summed E-state index contributed by atoms with van der Waals surface area (Å²) >= 11 is 0. The molecule has 0 fully saturated rings. The van der Waals surface area contributed by atoms with Crippen LogP contribution in [0.1, 0.15) is 19.5 Å². The minimum absolute atomic E-state index is 0.630. The number of aromatic amines is 1. The Labute approximate surface area is 111 Å². The molecule has 2 N–H and O–H groups in total. The zero-order valence-corrected chi connectivity index (χ0v) is 10.9. The normalized spacial score (nSPS) is 11.9. The fourth-order valence-electron chi connectivity index (χ4n) is 1.98. The summed E-state index contributed by atoms with van der Waals surface area (Å²) in [5.41, 5.74) is 2.30. The second-order valence-electron chi connectivity index (χ2n) is 5.07. The van der Waals surface area contributed by atoms with E-state index in [0.29, 0.717) is 11.5 Å². The van der Waals surface area contributed by atoms with Gasteiger partial charge in [-0.05, 0) is 38.1 Å². The largest absolute Gasteiger partial charge is 0.384 e. The van der Waals surface area contributed by atoms with Crippen molar-refractivity contribution < 1.29 is 5.11 Å². The van der Waals surface area contributed by atoms with Gasteiger partial charge in [0.15, 0.2) is 5.82 Å². The van der Waals surface area contributed by atoms with Crippen LogP contribution in [0.5, 0.6) is 0 Å². The van der Waals surface area contributed by atoms with Crippen LogP contribution in [-0.2, 0) is 5.60 Å². The Balaban J connectivity index is 2.11. The summed E-state index contributed by atoms with van der Waals surface area (Å²) in [5, 5.41) is 10.0. The maximum Gasteiger partial charge on any atom is 0.157 e. The van der Waals surface area contributed by atoms with Crippen molar-refractivity contribution in [3.63, 3.8) is 0 Å². The summed E-state index contributed by atoms with van der Waals surface area (Å²) in [6.07, 6.45) is 0. The third-order valence-corrected chi connectivity index (χ3v) is 3.01. The van der Waals surface area contributed by atoms with Gasteiger partial charge >= 0.3 is 0 Å². The number of hydrogen-bond acceptors (Lipinski definition) is 3. The van der Waals surface area contributed by atoms with E-state index in [4.69, 9.17) is 0 Å². The quantitative estimate of drug-likeness (QED) is 0.738. The number of rotatable bonds is 2. The molecule has 0 saturated heterocycles. The van der Waals surface area contributed by atoms with Crippen LogP contribution in [0.15, 0.2) is 42.5 Å². The summed E-state index contributed by atoms with van der Waals surface area (Å²) in [6, 6.07) is 13.4. The second-order valence-corrected chi connectivity index (χ2v) is 5.07. The minimum atomic E-state index is -0.956. The van der Waals surface area contributed by atoms with E-state index in [-0.39, 0.29) is 0 Å². The zero-order valence-electron chi connectivity index (χ0n) is 10.9. The second kappa shape index (κ2) is 4.17. The highest BCUT2D eigenvalue weighted by molar-refractivity contribution is 5.78. The van der Waals surface area contributed by atoms with Crippen molar-refractivity contribution in [2.75, 3.05) is 0 Å². The van der Waals surface area contributed by atoms with E-state index in [2.05, 4.69) is 15.0 Å². The van der Waals surface area contributed by atoms with Gasteiger partial charge in [0, 0.05) is 0 Å². The molecule has 19 heavy (non-hydrogen) atoms. The summed E-state index contributed by atoms with van der Waals surface area (Å²) < 4.78 is 0. The molecule has 1 aromatic carbocycles. The third kappa shape index (κ3) is 2.22. The van der Waals surface area contributed by atoms with Crippen molar-refractivity contribution in [2.45, 2.75) is 19.4 Å². The molecule has 0 saturated carbocycles. The lowest BCUT2D eigenvalue weighted by Crippen LogP contribution is -2.17. The standard InChI is InChI=1S/C15H15N3O/c1-15(2,19)13-9-5-8-12(16-13)14-17-10-6-3-4-7-11(10)18-14/h3-9,19H,1-2H3,(H,17,18). The summed E-state index contributed by atoms with van der Waals surface area (Å²) in [7, 11) is 0. The molecule has 0 spiro atoms. The first-order valence-corrected chi connectivity index (χ1v) is 6.19. The predicted octanol–water partition coefficient (Wildman–Crippen LogP) is 2.85. The van der Waals surface area contributed by atoms with E-state index in [0.717, 1.165) is 16.7 Å². The Morgan fingerprint density at radius 3 is 2.53 bits per heavy atom. The fraction of sp³-hybridized carbons (Fsp3) is 0.200. The first kappa shape index (κ1) is 11.9. The van der Waals surface area contributed by atoms with Gasteiger partial charge in [-0.25, -0.2) is 9.97 Å². The van der Waals surface area contributed by atoms with Crippen LogP contribution in [0.25, 0.3) is 22.6 Å². The number of imidazole rings is 1. The molecule has 0 amide bonds. The van der Waals surface area contributed by atoms with Crippen LogP contribution in [-0.4, -0.2) is 20.1 Å². The van der Waals surface area contributed by atoms with Gasteiger partial charge in [0.25, 0.3) is 0 Å². The molecule has 2 aromatic heterocycles. The number of hydrogen-bond donors (Lipinski definition) is 2. The molecule has 3 aromatic rings. The molecule has 0 bridgehead atoms. The van der Waals surface area contributed by atoms with E-state index < -0.39 is 5.60 Å². The lowest BCUT2D eigenvalue weighted by atomic mass is 10.0. The van der Waals surface area contributed by atoms with Crippen LogP contribution in [0.2, 0.25) is 0 Å². The maximum absolute atomic E-state index is 10.0. The van der Waals surface area contributed by atoms with Crippen molar-refractivity contribution >= 4 is 11.0 Å². The molecular weight excluding hydrogens is 238 g/mol. The topological polar surface area (TPSA) is 61.8 Å². The molecule has 0 aliphatic heterocycles. The fourth-order valence-corrected chi connectivity index (χ4v) is 1.98. The third-order valence-electron chi connectivity index (χ3n) is 3.01. The van der Waals surface area contributed by atoms with Crippen LogP contribution >= 0.6 is 0 Å². The molecule has 4 heteroatoms. The predicted molar refractivity (Wildman–Crippen MR) is 74.6 cm³/mol. The van der Waals surface area contributed by atoms with E-state index in [1.165, 1.54) is 0 Å². The van der Waals surface area contributed by atoms with E-state index in [9.17, 15) is 5.11 Å². The van der Waals surface area contributed by atoms with E-state index >= 15 is 0 Å². The minimum Gasteiger partial charge on any atom is -0.384 e. The first-order valence-electron chi connectivity index (χ1n) is 6.19. The number of para-hydroxylation sites is 2. The van der Waals surface area contributed by atoms with E-state index in [1.54, 1.807) is 13.8 Å². The summed E-state index contributed by atoms with van der Waals surface area (Å²) in [6.45, 7) is 3.44. The van der Waals surface area contributed by atoms with Crippen molar-refractivity contribution in [1.29, 1.82) is 0 Å². The van der Waals surface area contributed by atoms with Crippen LogP contribution in [0.3, 0.4) is 0 Å². The molecule has 96 valence electrons. The smallest absolute Gasteiger partial charge is 0.157 e. The van der Waals surface area contributed by atoms with Crippen molar-refractivity contribution in [3.05, 3.63) is 48.2 Å². The van der Waals surface area contributed by atoms with Crippen LogP contribution in [0, 0.1) is 0 Å². The molecule has 3 rings (SSSR count). The van der Waals surface area contributed by atoms with Crippen molar-refractivity contribution in [1.82, 2.24) is 15.0 Å². The Morgan fingerprint density at radius 1 is 1.00 bits per heavy atom. The molecule has 0 atom stereocenters. The summed E-state index contributed by atoms with van der Waals surface area (Å²) in [5.74, 6) is 0.715. The molecule has 0 unspecified atom stereocenters. The van der Waals surface area contributed by atoms with E-state index in [1.807, 2.05) is 42.5 Å². The SMILES string of the molecule is CC(C)(O)c1cccc(-c2nc3ccccc3[nH]2)n1. The van der Waals surface area contributed by atoms with Gasteiger partial charge in [0.1, 0.15) is 11.3 Å². The monoisotopic (exact) mass is 253 g/mol. The number of nitrogens with zero attached hydrogens (tertiary/aromatic N) is 2. The number of nitrogens with one attached hydrogen (secondary N) is 1. The highest BCUT2D eigenvalue weighted by atomic mass is 16.3. The van der Waals surface area contributed by atoms with Crippen LogP contribution < -0.4 is 0 Å². The highest BCUT2D eigenvalue weighted by Crippen LogP contribution is 2.22. The Kier molecular flexibility index (Phi) is 2.61. The number of aromatic nitrogens is 3. The van der Waals surface area contributed by atoms with Gasteiger partial charge in [-0.2, -0.15) is 0 Å². The lowest BCUT2D eigenvalue weighted by Gasteiger charge is -2.16. The average Bonchev–Trinajstić information content (AvgIpc) is 2.81. The van der Waals surface area contributed by atoms with Gasteiger partial charge in [-0.15, -0.1) is 0 Å². The van der Waals surface area contributed by atoms with Gasteiger partial charge < -0.3 is 10.1 Å². The van der Waals surface area contributed by atoms with Gasteiger partial charge in [-0.1, -0.05) is 18.2 Å². The molecular formula is C15H15N3O. The molecule has 0 aliphatic carbocycles. The average molecular weight is 253 g/mol. The van der Waals surface area contributed by atoms with Crippen molar-refractivity contribution in [2.24, 2.45) is 0 Å². The molecule has 0 radical (unpaired) electrons. The van der Waals surface area contributed by atoms with Gasteiger partial charge in [-0.3, -0.25) is 0 Å². The van der Waals surface area contributed by atoms with Gasteiger partial charge in [0.05, 0.1) is 16.7 Å². The molecule has 0 aliphatic rings. The number of H-pyrrole nitrogens is 1. The molecule has 4 nitrogen and oxygen atoms in total. The number of aliphatic hydroxyl groups is 1. The Morgan fingerprint density at radius 2 is 1.79 bits per heavy atom. The first-order chi connectivity index (χ1) is 9.04. The van der Waals surface area contributed by atoms with Crippen molar-refractivity contribution in [3.8, 4) is 11.5 Å². The zero-order chi connectivity index (χ0) is 13.5. The van der Waals surface area contributed by atoms with Gasteiger partial charge in [0.2, 0.25) is 0 Å². The number of fused-ring (bicyclic) bond motifs is 1. The summed E-state index contributed by atoms with van der Waals surface area (Å²) in [4.78, 5) is 12.2. The lowest BCUT2D eigenvalue weighted by molar-refractivity contribution is 0.0740. The number of benzene rings is 1. The highest BCUT2D eigenvalue weighted by Gasteiger charge is 2.18. The Hall–Kier alpha value is -2.20. The molecule has 2 heterocycles. The Bertz CT molecular complexity index is 692.